The summed E-state index contributed by atoms with van der Waals surface area (Å²) < 4.78 is 0. The third-order valence-electron chi connectivity index (χ3n) is 4.51. The molecule has 0 saturated heterocycles. The summed E-state index contributed by atoms with van der Waals surface area (Å²) in [6.45, 7) is 0. The van der Waals surface area contributed by atoms with Crippen LogP contribution in [0.25, 0.3) is 0 Å². The van der Waals surface area contributed by atoms with Crippen LogP contribution in [0.3, 0.4) is 0 Å². The smallest absolute Gasteiger partial charge is 0.194 e. The topological polar surface area (TPSA) is 27.6 Å². The Hall–Kier alpha value is -2.69. The van der Waals surface area contributed by atoms with Crippen LogP contribution < -0.4 is 5.32 Å². The highest BCUT2D eigenvalue weighted by Gasteiger charge is 2.32. The largest absolute Gasteiger partial charge is 0.331 e. The number of hydrogen-bond acceptors (Lipinski definition) is 2. The molecule has 1 aliphatic heterocycles. The van der Waals surface area contributed by atoms with E-state index < -0.39 is 0 Å². The summed E-state index contributed by atoms with van der Waals surface area (Å²) in [7, 11) is 0. The lowest BCUT2D eigenvalue weighted by atomic mass is 9.98. The van der Waals surface area contributed by atoms with Crippen LogP contribution in [-0.4, -0.2) is 15.8 Å². The maximum Gasteiger partial charge on any atom is 0.194 e. The number of thiocarbonyl (C=S) groups is 1. The molecule has 1 heterocycles. The molecule has 0 bridgehead atoms. The molecule has 3 nitrogen and oxygen atoms in total. The van der Waals surface area contributed by atoms with E-state index in [0.29, 0.717) is 5.11 Å². The molecule has 4 rings (SSSR count). The van der Waals surface area contributed by atoms with Gasteiger partial charge >= 0.3 is 0 Å². The first kappa shape index (κ1) is 17.7. The van der Waals surface area contributed by atoms with Gasteiger partial charge in [0.1, 0.15) is 0 Å². The number of para-hydroxylation sites is 1. The highest BCUT2D eigenvalue weighted by atomic mass is 35.5. The Labute approximate surface area is 169 Å². The van der Waals surface area contributed by atoms with Gasteiger partial charge in [0.25, 0.3) is 0 Å². The lowest BCUT2D eigenvalue weighted by molar-refractivity contribution is 0.375. The number of benzene rings is 3. The van der Waals surface area contributed by atoms with Crippen LogP contribution >= 0.6 is 23.8 Å². The van der Waals surface area contributed by atoms with Gasteiger partial charge in [-0.3, -0.25) is 0 Å². The average Bonchev–Trinajstić information content (AvgIpc) is 3.15. The van der Waals surface area contributed by atoms with E-state index >= 15 is 0 Å². The van der Waals surface area contributed by atoms with Gasteiger partial charge in [0, 0.05) is 17.1 Å². The molecule has 1 aliphatic rings. The van der Waals surface area contributed by atoms with Gasteiger partial charge in [-0.15, -0.1) is 0 Å². The Morgan fingerprint density at radius 1 is 0.926 bits per heavy atom. The minimum atomic E-state index is -0.0439. The Morgan fingerprint density at radius 2 is 1.56 bits per heavy atom. The molecule has 0 spiro atoms. The number of rotatable bonds is 3. The number of halogens is 1. The summed E-state index contributed by atoms with van der Waals surface area (Å²) in [6.07, 6.45) is 0.740. The van der Waals surface area contributed by atoms with Crippen molar-refractivity contribution in [2.75, 3.05) is 5.32 Å². The molecular weight excluding hydrogens is 374 g/mol. The molecule has 0 saturated carbocycles. The van der Waals surface area contributed by atoms with Crippen molar-refractivity contribution >= 4 is 40.3 Å². The molecule has 0 aliphatic carbocycles. The zero-order valence-corrected chi connectivity index (χ0v) is 16.1. The van der Waals surface area contributed by atoms with Crippen LogP contribution in [0, 0.1) is 0 Å². The normalized spacial score (nSPS) is 16.1. The van der Waals surface area contributed by atoms with Crippen molar-refractivity contribution < 1.29 is 0 Å². The average molecular weight is 392 g/mol. The second-order valence-electron chi connectivity index (χ2n) is 6.29. The number of nitrogens with one attached hydrogen (secondary N) is 1. The third-order valence-corrected chi connectivity index (χ3v) is 5.15. The first-order valence-corrected chi connectivity index (χ1v) is 9.53. The first-order valence-electron chi connectivity index (χ1n) is 8.75. The Bertz CT molecular complexity index is 973. The molecule has 3 aromatic rings. The molecule has 5 heteroatoms. The maximum absolute atomic E-state index is 6.49. The van der Waals surface area contributed by atoms with Crippen LogP contribution in [0.4, 0.5) is 5.69 Å². The van der Waals surface area contributed by atoms with Crippen molar-refractivity contribution in [3.63, 3.8) is 0 Å². The van der Waals surface area contributed by atoms with Crippen LogP contribution in [0.15, 0.2) is 90.0 Å². The monoisotopic (exact) mass is 391 g/mol. The Kier molecular flexibility index (Phi) is 5.19. The minimum absolute atomic E-state index is 0.0439. The van der Waals surface area contributed by atoms with Gasteiger partial charge in [-0.05, 0) is 41.5 Å². The van der Waals surface area contributed by atoms with Crippen molar-refractivity contribution in [3.8, 4) is 0 Å². The summed E-state index contributed by atoms with van der Waals surface area (Å²) in [5, 5.41) is 11.3. The van der Waals surface area contributed by atoms with Gasteiger partial charge in [0.2, 0.25) is 0 Å². The van der Waals surface area contributed by atoms with Gasteiger partial charge in [0.05, 0.1) is 11.8 Å². The van der Waals surface area contributed by atoms with Crippen molar-refractivity contribution in [1.82, 2.24) is 5.01 Å². The molecular formula is C22H18ClN3S. The van der Waals surface area contributed by atoms with Crippen molar-refractivity contribution in [1.29, 1.82) is 0 Å². The molecule has 1 atom stereocenters. The fourth-order valence-corrected chi connectivity index (χ4v) is 3.74. The summed E-state index contributed by atoms with van der Waals surface area (Å²) in [5.74, 6) is 0. The van der Waals surface area contributed by atoms with E-state index in [1.165, 1.54) is 0 Å². The highest BCUT2D eigenvalue weighted by molar-refractivity contribution is 7.80. The van der Waals surface area contributed by atoms with E-state index in [4.69, 9.17) is 28.9 Å². The molecule has 0 amide bonds. The fraction of sp³-hybridized carbons (Fsp3) is 0.0909. The van der Waals surface area contributed by atoms with Gasteiger partial charge < -0.3 is 5.32 Å². The molecule has 0 fully saturated rings. The predicted octanol–water partition coefficient (Wildman–Crippen LogP) is 5.89. The molecule has 1 unspecified atom stereocenters. The summed E-state index contributed by atoms with van der Waals surface area (Å²) in [6, 6.07) is 27.9. The Morgan fingerprint density at radius 3 is 2.26 bits per heavy atom. The summed E-state index contributed by atoms with van der Waals surface area (Å²) in [4.78, 5) is 0. The first-order chi connectivity index (χ1) is 13.2. The Balaban J connectivity index is 1.68. The van der Waals surface area contributed by atoms with Gasteiger partial charge in [-0.25, -0.2) is 5.01 Å². The van der Waals surface area contributed by atoms with Crippen molar-refractivity contribution in [2.45, 2.75) is 12.5 Å². The zero-order chi connectivity index (χ0) is 18.6. The maximum atomic E-state index is 6.49. The van der Waals surface area contributed by atoms with Crippen LogP contribution in [0.2, 0.25) is 5.02 Å². The third kappa shape index (κ3) is 3.87. The minimum Gasteiger partial charge on any atom is -0.331 e. The van der Waals surface area contributed by atoms with E-state index in [2.05, 4.69) is 17.4 Å². The highest BCUT2D eigenvalue weighted by Crippen LogP contribution is 2.36. The molecule has 27 heavy (non-hydrogen) atoms. The van der Waals surface area contributed by atoms with Crippen molar-refractivity contribution in [2.24, 2.45) is 5.10 Å². The SMILES string of the molecule is S=C(Nc1ccccc1)N1N=C(c2ccccc2)CC1c1ccccc1Cl. The fourth-order valence-electron chi connectivity index (χ4n) is 3.19. The second kappa shape index (κ2) is 7.91. The van der Waals surface area contributed by atoms with E-state index in [1.54, 1.807) is 0 Å². The second-order valence-corrected chi connectivity index (χ2v) is 7.09. The van der Waals surface area contributed by atoms with E-state index in [-0.39, 0.29) is 6.04 Å². The van der Waals surface area contributed by atoms with Crippen molar-refractivity contribution in [3.05, 3.63) is 101 Å². The standard InChI is InChI=1S/C22H18ClN3S/c23-19-14-8-7-13-18(19)21-15-20(16-9-3-1-4-10-16)25-26(21)22(27)24-17-11-5-2-6-12-17/h1-14,21H,15H2,(H,24,27). The van der Waals surface area contributed by atoms with Gasteiger partial charge in [0.15, 0.2) is 5.11 Å². The quantitative estimate of drug-likeness (QED) is 0.564. The van der Waals surface area contributed by atoms with Crippen LogP contribution in [0.1, 0.15) is 23.6 Å². The number of hydrazone groups is 1. The lowest BCUT2D eigenvalue weighted by Crippen LogP contribution is -2.31. The summed E-state index contributed by atoms with van der Waals surface area (Å²) >= 11 is 12.2. The number of anilines is 1. The molecule has 1 N–H and O–H groups in total. The van der Waals surface area contributed by atoms with E-state index in [0.717, 1.165) is 34.0 Å². The molecule has 0 aromatic heterocycles. The van der Waals surface area contributed by atoms with E-state index in [9.17, 15) is 0 Å². The van der Waals surface area contributed by atoms with Gasteiger partial charge in [-0.2, -0.15) is 5.10 Å². The van der Waals surface area contributed by atoms with Gasteiger partial charge in [-0.1, -0.05) is 78.3 Å². The van der Waals surface area contributed by atoms with Crippen LogP contribution in [0.5, 0.6) is 0 Å². The zero-order valence-electron chi connectivity index (χ0n) is 14.5. The lowest BCUT2D eigenvalue weighted by Gasteiger charge is -2.25. The number of nitrogens with zero attached hydrogens (tertiary/aromatic N) is 2. The molecule has 3 aromatic carbocycles. The predicted molar refractivity (Wildman–Crippen MR) is 116 cm³/mol. The number of hydrogen-bond donors (Lipinski definition) is 1. The van der Waals surface area contributed by atoms with E-state index in [1.807, 2.05) is 77.8 Å². The van der Waals surface area contributed by atoms with Crippen LogP contribution in [-0.2, 0) is 0 Å². The molecule has 0 radical (unpaired) electrons. The molecule has 134 valence electrons. The summed E-state index contributed by atoms with van der Waals surface area (Å²) in [5.41, 5.74) is 4.05.